The summed E-state index contributed by atoms with van der Waals surface area (Å²) < 4.78 is 30.8. The van der Waals surface area contributed by atoms with Crippen molar-refractivity contribution in [1.29, 1.82) is 0 Å². The number of thiazole rings is 1. The van der Waals surface area contributed by atoms with Gasteiger partial charge in [-0.15, -0.1) is 11.3 Å². The van der Waals surface area contributed by atoms with Gasteiger partial charge in [-0.05, 0) is 36.4 Å². The first kappa shape index (κ1) is 20.9. The minimum atomic E-state index is -3.60. The Morgan fingerprint density at radius 2 is 1.90 bits per heavy atom. The van der Waals surface area contributed by atoms with Crippen LogP contribution in [0, 0.1) is 0 Å². The summed E-state index contributed by atoms with van der Waals surface area (Å²) in [7, 11) is 0.914. The first-order valence-electron chi connectivity index (χ1n) is 8.66. The van der Waals surface area contributed by atoms with Gasteiger partial charge in [-0.3, -0.25) is 4.79 Å². The number of allylic oxidation sites excluding steroid dienone is 1. The topological polar surface area (TPSA) is 76.6 Å². The van der Waals surface area contributed by atoms with Crippen LogP contribution in [0.5, 0.6) is 5.75 Å². The molecule has 1 aromatic heterocycles. The molecule has 8 heteroatoms. The second-order valence-electron chi connectivity index (χ2n) is 6.32. The average Bonchev–Trinajstić information content (AvgIpc) is 3.21. The molecule has 2 aromatic carbocycles. The quantitative estimate of drug-likeness (QED) is 0.420. The molecule has 6 nitrogen and oxygen atoms in total. The number of hydrogen-bond acceptors (Lipinski definition) is 6. The monoisotopic (exact) mass is 428 g/mol. The molecule has 3 aromatic rings. The highest BCUT2D eigenvalue weighted by Gasteiger charge is 2.18. The minimum absolute atomic E-state index is 0.0794. The number of methoxy groups -OCH3 is 1. The van der Waals surface area contributed by atoms with E-state index in [2.05, 4.69) is 4.98 Å². The van der Waals surface area contributed by atoms with Crippen LogP contribution in [0.25, 0.3) is 16.6 Å². The fourth-order valence-electron chi connectivity index (χ4n) is 2.53. The van der Waals surface area contributed by atoms with E-state index >= 15 is 0 Å². The van der Waals surface area contributed by atoms with E-state index in [1.807, 2.05) is 29.6 Å². The van der Waals surface area contributed by atoms with Crippen molar-refractivity contribution in [3.05, 3.63) is 71.2 Å². The fourth-order valence-corrected chi connectivity index (χ4v) is 4.26. The predicted molar refractivity (Wildman–Crippen MR) is 115 cm³/mol. The van der Waals surface area contributed by atoms with Gasteiger partial charge in [0, 0.05) is 30.6 Å². The van der Waals surface area contributed by atoms with E-state index in [1.165, 1.54) is 43.6 Å². The summed E-state index contributed by atoms with van der Waals surface area (Å²) in [5.41, 5.74) is 1.88. The molecule has 0 amide bonds. The Bertz CT molecular complexity index is 1160. The number of ether oxygens (including phenoxy) is 1. The summed E-state index contributed by atoms with van der Waals surface area (Å²) in [6.07, 6.45) is 3.02. The summed E-state index contributed by atoms with van der Waals surface area (Å²) in [5.74, 6) is 0.453. The van der Waals surface area contributed by atoms with Crippen LogP contribution in [0.1, 0.15) is 16.1 Å². The average molecular weight is 429 g/mol. The van der Waals surface area contributed by atoms with E-state index in [0.29, 0.717) is 11.3 Å². The lowest BCUT2D eigenvalue weighted by atomic mass is 10.1. The molecule has 0 bridgehead atoms. The molecule has 0 saturated carbocycles. The largest absolute Gasteiger partial charge is 0.497 e. The lowest BCUT2D eigenvalue weighted by molar-refractivity contribution is 0.104. The maximum absolute atomic E-state index is 12.5. The Morgan fingerprint density at radius 3 is 2.62 bits per heavy atom. The van der Waals surface area contributed by atoms with Crippen molar-refractivity contribution in [3.8, 4) is 16.3 Å². The number of carbonyl (C=O) groups excluding carboxylic acids is 1. The first-order chi connectivity index (χ1) is 13.8. The number of carbonyl (C=O) groups is 1. The Kier molecular flexibility index (Phi) is 6.26. The highest BCUT2D eigenvalue weighted by atomic mass is 32.2. The number of benzene rings is 2. The van der Waals surface area contributed by atoms with Gasteiger partial charge in [0.15, 0.2) is 5.78 Å². The van der Waals surface area contributed by atoms with Gasteiger partial charge in [0.2, 0.25) is 10.0 Å². The molecule has 3 rings (SSSR count). The minimum Gasteiger partial charge on any atom is -0.497 e. The van der Waals surface area contributed by atoms with E-state index in [4.69, 9.17) is 4.74 Å². The summed E-state index contributed by atoms with van der Waals surface area (Å²) in [5, 5.41) is 2.67. The molecule has 150 valence electrons. The SMILES string of the molecule is COc1cccc(-c2nc(C=CC(=O)c3cccc(S(=O)(=O)N(C)C)c3)cs2)c1. The molecule has 1 heterocycles. The summed E-state index contributed by atoms with van der Waals surface area (Å²) in [6, 6.07) is 13.6. The predicted octanol–water partition coefficient (Wildman–Crippen LogP) is 3.97. The van der Waals surface area contributed by atoms with Crippen molar-refractivity contribution >= 4 is 33.2 Å². The molecule has 0 spiro atoms. The van der Waals surface area contributed by atoms with Crippen LogP contribution < -0.4 is 4.74 Å². The van der Waals surface area contributed by atoms with Gasteiger partial charge in [-0.25, -0.2) is 17.7 Å². The van der Waals surface area contributed by atoms with Crippen LogP contribution in [0.15, 0.2) is 64.9 Å². The van der Waals surface area contributed by atoms with Gasteiger partial charge < -0.3 is 4.74 Å². The zero-order chi connectivity index (χ0) is 21.0. The maximum Gasteiger partial charge on any atom is 0.242 e. The van der Waals surface area contributed by atoms with Crippen molar-refractivity contribution in [1.82, 2.24) is 9.29 Å². The Hall–Kier alpha value is -2.81. The molecule has 0 radical (unpaired) electrons. The van der Waals surface area contributed by atoms with Crippen LogP contribution in [0.4, 0.5) is 0 Å². The van der Waals surface area contributed by atoms with E-state index in [9.17, 15) is 13.2 Å². The molecule has 0 aliphatic heterocycles. The third-order valence-electron chi connectivity index (χ3n) is 4.14. The number of aromatic nitrogens is 1. The third-order valence-corrected chi connectivity index (χ3v) is 6.86. The number of nitrogens with zero attached hydrogens (tertiary/aromatic N) is 2. The van der Waals surface area contributed by atoms with Gasteiger partial charge in [0.05, 0.1) is 17.7 Å². The Balaban J connectivity index is 1.79. The lowest BCUT2D eigenvalue weighted by Crippen LogP contribution is -2.22. The lowest BCUT2D eigenvalue weighted by Gasteiger charge is -2.11. The van der Waals surface area contributed by atoms with Crippen LogP contribution in [-0.4, -0.2) is 44.7 Å². The number of rotatable bonds is 7. The maximum atomic E-state index is 12.5. The number of ketones is 1. The van der Waals surface area contributed by atoms with Gasteiger partial charge in [0.25, 0.3) is 0 Å². The smallest absolute Gasteiger partial charge is 0.242 e. The van der Waals surface area contributed by atoms with Crippen molar-refractivity contribution in [3.63, 3.8) is 0 Å². The van der Waals surface area contributed by atoms with Gasteiger partial charge in [-0.1, -0.05) is 24.3 Å². The molecule has 0 N–H and O–H groups in total. The van der Waals surface area contributed by atoms with E-state index in [-0.39, 0.29) is 10.7 Å². The molecule has 0 fully saturated rings. The molecule has 0 aliphatic rings. The van der Waals surface area contributed by atoms with E-state index < -0.39 is 10.0 Å². The van der Waals surface area contributed by atoms with Gasteiger partial charge in [0.1, 0.15) is 10.8 Å². The summed E-state index contributed by atoms with van der Waals surface area (Å²) in [4.78, 5) is 17.1. The Labute approximate surface area is 174 Å². The van der Waals surface area contributed by atoms with Crippen LogP contribution >= 0.6 is 11.3 Å². The summed E-state index contributed by atoms with van der Waals surface area (Å²) >= 11 is 1.46. The highest BCUT2D eigenvalue weighted by Crippen LogP contribution is 2.27. The standard InChI is InChI=1S/C21H20N2O4S2/c1-23(2)29(25,26)19-9-5-6-15(13-19)20(24)11-10-17-14-28-21(22-17)16-7-4-8-18(12-16)27-3/h4-14H,1-3H3. The van der Waals surface area contributed by atoms with Crippen LogP contribution in [0.2, 0.25) is 0 Å². The molecule has 0 atom stereocenters. The molecule has 0 saturated heterocycles. The third kappa shape index (κ3) is 4.79. The second kappa shape index (κ2) is 8.69. The zero-order valence-corrected chi connectivity index (χ0v) is 17.8. The number of hydrogen-bond donors (Lipinski definition) is 0. The van der Waals surface area contributed by atoms with Crippen molar-refractivity contribution < 1.29 is 17.9 Å². The zero-order valence-electron chi connectivity index (χ0n) is 16.2. The van der Waals surface area contributed by atoms with Crippen molar-refractivity contribution in [2.45, 2.75) is 4.90 Å². The van der Waals surface area contributed by atoms with Crippen molar-refractivity contribution in [2.75, 3.05) is 21.2 Å². The normalized spacial score (nSPS) is 11.9. The molecular weight excluding hydrogens is 408 g/mol. The van der Waals surface area contributed by atoms with Gasteiger partial charge >= 0.3 is 0 Å². The summed E-state index contributed by atoms with van der Waals surface area (Å²) in [6.45, 7) is 0. The molecule has 0 unspecified atom stereocenters. The molecule has 29 heavy (non-hydrogen) atoms. The second-order valence-corrected chi connectivity index (χ2v) is 9.33. The fraction of sp³-hybridized carbons (Fsp3) is 0.143. The molecular formula is C21H20N2O4S2. The van der Waals surface area contributed by atoms with Crippen molar-refractivity contribution in [2.24, 2.45) is 0 Å². The molecule has 0 aliphatic carbocycles. The number of sulfonamides is 1. The first-order valence-corrected chi connectivity index (χ1v) is 11.0. The Morgan fingerprint density at radius 1 is 1.14 bits per heavy atom. The van der Waals surface area contributed by atoms with E-state index in [0.717, 1.165) is 20.6 Å². The van der Waals surface area contributed by atoms with E-state index in [1.54, 1.807) is 25.3 Å². The van der Waals surface area contributed by atoms with Crippen LogP contribution in [-0.2, 0) is 10.0 Å². The van der Waals surface area contributed by atoms with Crippen LogP contribution in [0.3, 0.4) is 0 Å². The highest BCUT2D eigenvalue weighted by molar-refractivity contribution is 7.89. The van der Waals surface area contributed by atoms with Gasteiger partial charge in [-0.2, -0.15) is 0 Å².